The van der Waals surface area contributed by atoms with Crippen molar-refractivity contribution < 1.29 is 0 Å². The molecule has 2 rings (SSSR count). The van der Waals surface area contributed by atoms with Crippen LogP contribution in [0.2, 0.25) is 0 Å². The highest BCUT2D eigenvalue weighted by Gasteiger charge is 2.25. The van der Waals surface area contributed by atoms with Gasteiger partial charge in [0.1, 0.15) is 0 Å². The lowest BCUT2D eigenvalue weighted by Crippen LogP contribution is -2.49. The first-order valence-electron chi connectivity index (χ1n) is 10.4. The Kier molecular flexibility index (Phi) is 7.88. The third-order valence-electron chi connectivity index (χ3n) is 6.21. The molecule has 0 radical (unpaired) electrons. The zero-order valence-corrected chi connectivity index (χ0v) is 16.6. The van der Waals surface area contributed by atoms with Crippen LogP contribution in [0.3, 0.4) is 0 Å². The molecule has 2 aliphatic rings. The lowest BCUT2D eigenvalue weighted by Gasteiger charge is -2.38. The quantitative estimate of drug-likeness (QED) is 0.658. The van der Waals surface area contributed by atoms with E-state index in [2.05, 4.69) is 44.4 Å². The average molecular weight is 323 g/mol. The number of rotatable bonds is 7. The van der Waals surface area contributed by atoms with Gasteiger partial charge < -0.3 is 4.90 Å². The van der Waals surface area contributed by atoms with Gasteiger partial charge in [0, 0.05) is 38.8 Å². The van der Waals surface area contributed by atoms with Crippen molar-refractivity contribution >= 4 is 0 Å². The molecule has 1 saturated carbocycles. The van der Waals surface area contributed by atoms with Gasteiger partial charge >= 0.3 is 0 Å². The zero-order chi connectivity index (χ0) is 16.8. The highest BCUT2D eigenvalue weighted by atomic mass is 15.3. The van der Waals surface area contributed by atoms with Crippen LogP contribution in [-0.4, -0.2) is 48.6 Å². The van der Waals surface area contributed by atoms with Crippen LogP contribution in [-0.2, 0) is 0 Å². The normalized spacial score (nSPS) is 29.3. The molecule has 0 spiro atoms. The zero-order valence-electron chi connectivity index (χ0n) is 16.6. The van der Waals surface area contributed by atoms with E-state index in [1.165, 1.54) is 71.2 Å². The number of hydrogen-bond acceptors (Lipinski definition) is 2. The first-order valence-corrected chi connectivity index (χ1v) is 10.4. The van der Waals surface area contributed by atoms with Gasteiger partial charge in [0.25, 0.3) is 0 Å². The minimum atomic E-state index is 0.718. The number of piperazine rings is 1. The summed E-state index contributed by atoms with van der Waals surface area (Å²) >= 11 is 0. The minimum Gasteiger partial charge on any atom is -0.301 e. The van der Waals surface area contributed by atoms with E-state index in [4.69, 9.17) is 0 Å². The Morgan fingerprint density at radius 1 is 0.739 bits per heavy atom. The summed E-state index contributed by atoms with van der Waals surface area (Å²) in [6, 6.07) is 0.718. The van der Waals surface area contributed by atoms with Gasteiger partial charge in [-0.2, -0.15) is 0 Å². The molecule has 0 bridgehead atoms. The topological polar surface area (TPSA) is 6.48 Å². The van der Waals surface area contributed by atoms with Crippen LogP contribution >= 0.6 is 0 Å². The van der Waals surface area contributed by atoms with Crippen LogP contribution in [0.5, 0.6) is 0 Å². The Morgan fingerprint density at radius 3 is 1.74 bits per heavy atom. The van der Waals surface area contributed by atoms with Crippen LogP contribution in [0.1, 0.15) is 73.1 Å². The molecule has 1 saturated heterocycles. The van der Waals surface area contributed by atoms with Crippen molar-refractivity contribution in [2.45, 2.75) is 79.2 Å². The van der Waals surface area contributed by atoms with Crippen molar-refractivity contribution in [2.24, 2.45) is 23.7 Å². The molecule has 1 atom stereocenters. The van der Waals surface area contributed by atoms with Crippen molar-refractivity contribution in [1.29, 1.82) is 0 Å². The Bertz CT molecular complexity index is 310. The summed E-state index contributed by atoms with van der Waals surface area (Å²) in [6.45, 7) is 18.3. The van der Waals surface area contributed by atoms with Gasteiger partial charge in [-0.25, -0.2) is 0 Å². The maximum atomic E-state index is 2.72. The summed E-state index contributed by atoms with van der Waals surface area (Å²) in [5.74, 6) is 3.82. The summed E-state index contributed by atoms with van der Waals surface area (Å²) in [4.78, 5) is 5.34. The molecule has 0 aromatic heterocycles. The Hall–Kier alpha value is -0.0800. The van der Waals surface area contributed by atoms with Crippen LogP contribution in [0.25, 0.3) is 0 Å². The van der Waals surface area contributed by atoms with Gasteiger partial charge in [-0.1, -0.05) is 46.5 Å². The van der Waals surface area contributed by atoms with Crippen molar-refractivity contribution in [1.82, 2.24) is 9.80 Å². The molecule has 23 heavy (non-hydrogen) atoms. The summed E-state index contributed by atoms with van der Waals surface area (Å²) in [5.41, 5.74) is 0. The smallest absolute Gasteiger partial charge is 0.0113 e. The number of nitrogens with zero attached hydrogens (tertiary/aromatic N) is 2. The van der Waals surface area contributed by atoms with E-state index in [9.17, 15) is 0 Å². The Labute approximate surface area is 146 Å². The van der Waals surface area contributed by atoms with Crippen LogP contribution in [0, 0.1) is 23.7 Å². The van der Waals surface area contributed by atoms with Crippen LogP contribution < -0.4 is 0 Å². The second-order valence-electron chi connectivity index (χ2n) is 9.29. The minimum absolute atomic E-state index is 0.718. The second-order valence-corrected chi connectivity index (χ2v) is 9.29. The molecular formula is C21H42N2. The lowest BCUT2D eigenvalue weighted by atomic mass is 9.76. The molecule has 1 heterocycles. The summed E-state index contributed by atoms with van der Waals surface area (Å²) in [6.07, 6.45) is 8.94. The van der Waals surface area contributed by atoms with Crippen LogP contribution in [0.15, 0.2) is 0 Å². The molecule has 0 aromatic carbocycles. The molecule has 2 heteroatoms. The van der Waals surface area contributed by atoms with Crippen molar-refractivity contribution in [2.75, 3.05) is 32.7 Å². The van der Waals surface area contributed by atoms with Gasteiger partial charge in [-0.15, -0.1) is 0 Å². The highest BCUT2D eigenvalue weighted by Crippen LogP contribution is 2.35. The van der Waals surface area contributed by atoms with Gasteiger partial charge in [0.15, 0.2) is 0 Å². The fourth-order valence-electron chi connectivity index (χ4n) is 4.92. The van der Waals surface area contributed by atoms with E-state index < -0.39 is 0 Å². The first kappa shape index (κ1) is 19.2. The molecule has 1 aliphatic carbocycles. The molecule has 0 N–H and O–H groups in total. The second kappa shape index (κ2) is 9.42. The molecule has 2 nitrogen and oxygen atoms in total. The fourth-order valence-corrected chi connectivity index (χ4v) is 4.92. The van der Waals surface area contributed by atoms with Crippen molar-refractivity contribution in [3.8, 4) is 0 Å². The van der Waals surface area contributed by atoms with E-state index in [1.807, 2.05) is 0 Å². The maximum absolute atomic E-state index is 2.72. The van der Waals surface area contributed by atoms with Gasteiger partial charge in [-0.05, 0) is 50.4 Å². The van der Waals surface area contributed by atoms with E-state index in [0.29, 0.717) is 0 Å². The van der Waals surface area contributed by atoms with Crippen molar-refractivity contribution in [3.05, 3.63) is 0 Å². The summed E-state index contributed by atoms with van der Waals surface area (Å²) in [7, 11) is 0. The average Bonchev–Trinajstić information content (AvgIpc) is 2.49. The number of hydrogen-bond donors (Lipinski definition) is 0. The third kappa shape index (κ3) is 6.74. The lowest BCUT2D eigenvalue weighted by molar-refractivity contribution is 0.0929. The molecule has 136 valence electrons. The van der Waals surface area contributed by atoms with E-state index in [-0.39, 0.29) is 0 Å². The predicted octanol–water partition coefficient (Wildman–Crippen LogP) is 4.89. The highest BCUT2D eigenvalue weighted by molar-refractivity contribution is 4.78. The molecule has 1 unspecified atom stereocenters. The molecule has 0 aromatic rings. The van der Waals surface area contributed by atoms with E-state index in [0.717, 1.165) is 29.7 Å². The standard InChI is InChI=1S/C21H42N2/c1-17(2)14-20-6-8-21(9-7-20)15-19(5)16-22-10-12-23(13-11-22)18(3)4/h17-21H,6-16H2,1-5H3. The molecular weight excluding hydrogens is 280 g/mol. The summed E-state index contributed by atoms with van der Waals surface area (Å²) in [5, 5.41) is 0. The molecule has 2 fully saturated rings. The first-order chi connectivity index (χ1) is 10.9. The maximum Gasteiger partial charge on any atom is 0.0113 e. The van der Waals surface area contributed by atoms with E-state index in [1.54, 1.807) is 0 Å². The van der Waals surface area contributed by atoms with Gasteiger partial charge in [0.2, 0.25) is 0 Å². The molecule has 0 amide bonds. The SMILES string of the molecule is CC(C)CC1CCC(CC(C)CN2CCN(C(C)C)CC2)CC1. The Morgan fingerprint density at radius 2 is 1.26 bits per heavy atom. The van der Waals surface area contributed by atoms with Gasteiger partial charge in [0.05, 0.1) is 0 Å². The van der Waals surface area contributed by atoms with Crippen molar-refractivity contribution in [3.63, 3.8) is 0 Å². The predicted molar refractivity (Wildman–Crippen MR) is 102 cm³/mol. The summed E-state index contributed by atoms with van der Waals surface area (Å²) < 4.78 is 0. The largest absolute Gasteiger partial charge is 0.301 e. The van der Waals surface area contributed by atoms with Gasteiger partial charge in [-0.3, -0.25) is 4.90 Å². The monoisotopic (exact) mass is 322 g/mol. The molecule has 1 aliphatic heterocycles. The van der Waals surface area contributed by atoms with Crippen LogP contribution in [0.4, 0.5) is 0 Å². The third-order valence-corrected chi connectivity index (χ3v) is 6.21. The fraction of sp³-hybridized carbons (Fsp3) is 1.00. The Balaban J connectivity index is 1.61. The van der Waals surface area contributed by atoms with E-state index >= 15 is 0 Å².